The predicted molar refractivity (Wildman–Crippen MR) is 77.5 cm³/mol. The van der Waals surface area contributed by atoms with E-state index in [2.05, 4.69) is 9.72 Å². The molecular formula is C14H15N3O5. The number of fused-ring (bicyclic) bond motifs is 1. The summed E-state index contributed by atoms with van der Waals surface area (Å²) in [4.78, 5) is 35.0. The second-order valence-electron chi connectivity index (χ2n) is 3.84. The quantitative estimate of drug-likeness (QED) is 0.623. The number of hydrogen-bond acceptors (Lipinski definition) is 6. The van der Waals surface area contributed by atoms with Gasteiger partial charge in [-0.25, -0.2) is 9.78 Å². The summed E-state index contributed by atoms with van der Waals surface area (Å²) >= 11 is 0. The third-order valence-corrected chi connectivity index (χ3v) is 2.17. The van der Waals surface area contributed by atoms with Crippen LogP contribution in [0.1, 0.15) is 17.6 Å². The molecule has 0 radical (unpaired) electrons. The molecule has 2 aromatic rings. The second-order valence-corrected chi connectivity index (χ2v) is 3.84. The zero-order chi connectivity index (χ0) is 16.5. The Hall–Kier alpha value is -3.16. The predicted octanol–water partition coefficient (Wildman–Crippen LogP) is 0.518. The molecule has 116 valence electrons. The van der Waals surface area contributed by atoms with Crippen LogP contribution in [-0.2, 0) is 14.3 Å². The summed E-state index contributed by atoms with van der Waals surface area (Å²) in [6.45, 7) is 1.97. The van der Waals surface area contributed by atoms with Gasteiger partial charge in [0.05, 0.1) is 6.61 Å². The van der Waals surface area contributed by atoms with Crippen molar-refractivity contribution in [1.29, 1.82) is 0 Å². The molecule has 0 unspecified atom stereocenters. The van der Waals surface area contributed by atoms with Crippen LogP contribution in [0.3, 0.4) is 0 Å². The minimum Gasteiger partial charge on any atom is -0.463 e. The molecule has 0 saturated heterocycles. The van der Waals surface area contributed by atoms with Crippen molar-refractivity contribution in [3.05, 3.63) is 42.3 Å². The summed E-state index contributed by atoms with van der Waals surface area (Å²) in [5.41, 5.74) is 10.9. The van der Waals surface area contributed by atoms with Crippen LogP contribution in [-0.4, -0.2) is 29.4 Å². The van der Waals surface area contributed by atoms with Gasteiger partial charge in [0.15, 0.2) is 5.58 Å². The average Bonchev–Trinajstić information content (AvgIpc) is 2.90. The van der Waals surface area contributed by atoms with Crippen LogP contribution in [0.5, 0.6) is 0 Å². The first kappa shape index (κ1) is 16.9. The number of esters is 1. The summed E-state index contributed by atoms with van der Waals surface area (Å²) in [5, 5.41) is 0. The molecule has 1 aromatic heterocycles. The van der Waals surface area contributed by atoms with E-state index >= 15 is 0 Å². The highest BCUT2D eigenvalue weighted by molar-refractivity contribution is 5.93. The molecule has 1 heterocycles. The van der Waals surface area contributed by atoms with E-state index < -0.39 is 17.8 Å². The molecule has 8 nitrogen and oxygen atoms in total. The maximum absolute atomic E-state index is 10.6. The van der Waals surface area contributed by atoms with Crippen LogP contribution in [0.4, 0.5) is 0 Å². The highest BCUT2D eigenvalue weighted by atomic mass is 16.5. The van der Waals surface area contributed by atoms with Crippen molar-refractivity contribution in [2.24, 2.45) is 11.5 Å². The fourth-order valence-electron chi connectivity index (χ4n) is 1.32. The van der Waals surface area contributed by atoms with Crippen molar-refractivity contribution in [3.63, 3.8) is 0 Å². The monoisotopic (exact) mass is 305 g/mol. The highest BCUT2D eigenvalue weighted by Crippen LogP contribution is 2.13. The van der Waals surface area contributed by atoms with Gasteiger partial charge in [-0.15, -0.1) is 0 Å². The summed E-state index contributed by atoms with van der Waals surface area (Å²) < 4.78 is 9.50. The van der Waals surface area contributed by atoms with Gasteiger partial charge in [-0.2, -0.15) is 0 Å². The lowest BCUT2D eigenvalue weighted by Gasteiger charge is -1.92. The topological polar surface area (TPSA) is 139 Å². The molecule has 0 aliphatic rings. The van der Waals surface area contributed by atoms with Crippen LogP contribution in [0, 0.1) is 0 Å². The van der Waals surface area contributed by atoms with E-state index in [4.69, 9.17) is 15.9 Å². The first-order chi connectivity index (χ1) is 10.4. The Morgan fingerprint density at radius 1 is 1.23 bits per heavy atom. The van der Waals surface area contributed by atoms with Gasteiger partial charge in [0.2, 0.25) is 5.91 Å². The van der Waals surface area contributed by atoms with Gasteiger partial charge in [0.25, 0.3) is 5.89 Å². The fraction of sp³-hybridized carbons (Fsp3) is 0.143. The number of benzene rings is 1. The Labute approximate surface area is 125 Å². The van der Waals surface area contributed by atoms with Crippen molar-refractivity contribution in [2.45, 2.75) is 6.92 Å². The van der Waals surface area contributed by atoms with Crippen molar-refractivity contribution in [3.8, 4) is 0 Å². The van der Waals surface area contributed by atoms with Gasteiger partial charge in [-0.05, 0) is 19.1 Å². The van der Waals surface area contributed by atoms with Crippen LogP contribution in [0.15, 0.2) is 40.8 Å². The number of para-hydroxylation sites is 2. The number of aromatic nitrogens is 1. The Kier molecular flexibility index (Phi) is 6.30. The van der Waals surface area contributed by atoms with Gasteiger partial charge in [0, 0.05) is 12.2 Å². The number of amides is 2. The van der Waals surface area contributed by atoms with Gasteiger partial charge < -0.3 is 20.6 Å². The molecule has 4 N–H and O–H groups in total. The zero-order valence-electron chi connectivity index (χ0n) is 11.8. The van der Waals surface area contributed by atoms with E-state index in [0.717, 1.165) is 12.2 Å². The number of primary amides is 2. The first-order valence-electron chi connectivity index (χ1n) is 6.23. The van der Waals surface area contributed by atoms with Gasteiger partial charge in [-0.3, -0.25) is 9.59 Å². The van der Waals surface area contributed by atoms with Crippen molar-refractivity contribution < 1.29 is 23.5 Å². The standard InChI is InChI=1S/C8H6N2O2.C6H9NO3/c9-7(11)8-10-5-3-1-2-4-6(5)12-8;1-2-10-6(9)4-3-5(7)8/h1-4H,(H2,9,11);3-4H,2H2,1H3,(H2,7,8)/b;4-3+. The number of nitrogens with zero attached hydrogens (tertiary/aromatic N) is 1. The summed E-state index contributed by atoms with van der Waals surface area (Å²) in [7, 11) is 0. The van der Waals surface area contributed by atoms with Crippen molar-refractivity contribution in [1.82, 2.24) is 4.98 Å². The number of carbonyl (C=O) groups is 3. The molecule has 22 heavy (non-hydrogen) atoms. The van der Waals surface area contributed by atoms with Crippen LogP contribution in [0.25, 0.3) is 11.1 Å². The lowest BCUT2D eigenvalue weighted by molar-refractivity contribution is -0.137. The maximum atomic E-state index is 10.6. The summed E-state index contributed by atoms with van der Waals surface area (Å²) in [6, 6.07) is 7.11. The number of ether oxygens (including phenoxy) is 1. The van der Waals surface area contributed by atoms with Crippen LogP contribution in [0.2, 0.25) is 0 Å². The molecule has 0 aliphatic heterocycles. The van der Waals surface area contributed by atoms with E-state index in [1.54, 1.807) is 25.1 Å². The number of carbonyl (C=O) groups excluding carboxylic acids is 3. The normalized spacial score (nSPS) is 10.0. The first-order valence-corrected chi connectivity index (χ1v) is 6.23. The summed E-state index contributed by atoms with van der Waals surface area (Å²) in [5.74, 6) is -1.91. The fourth-order valence-corrected chi connectivity index (χ4v) is 1.32. The maximum Gasteiger partial charge on any atom is 0.330 e. The third kappa shape index (κ3) is 5.45. The Morgan fingerprint density at radius 2 is 1.91 bits per heavy atom. The molecule has 1 aromatic carbocycles. The molecule has 2 amide bonds. The molecule has 0 fully saturated rings. The summed E-state index contributed by atoms with van der Waals surface area (Å²) in [6.07, 6.45) is 1.95. The third-order valence-electron chi connectivity index (χ3n) is 2.17. The molecule has 0 spiro atoms. The smallest absolute Gasteiger partial charge is 0.330 e. The average molecular weight is 305 g/mol. The number of oxazole rings is 1. The molecule has 0 saturated carbocycles. The van der Waals surface area contributed by atoms with E-state index in [0.29, 0.717) is 17.7 Å². The van der Waals surface area contributed by atoms with E-state index in [1.165, 1.54) is 0 Å². The largest absolute Gasteiger partial charge is 0.463 e. The van der Waals surface area contributed by atoms with Gasteiger partial charge in [-0.1, -0.05) is 12.1 Å². The van der Waals surface area contributed by atoms with E-state index in [1.807, 2.05) is 6.07 Å². The van der Waals surface area contributed by atoms with Gasteiger partial charge in [0.1, 0.15) is 5.52 Å². The van der Waals surface area contributed by atoms with Gasteiger partial charge >= 0.3 is 11.9 Å². The van der Waals surface area contributed by atoms with E-state index in [-0.39, 0.29) is 5.89 Å². The second kappa shape index (κ2) is 8.20. The molecule has 2 rings (SSSR count). The Bertz CT molecular complexity index is 672. The van der Waals surface area contributed by atoms with Crippen molar-refractivity contribution >= 4 is 28.9 Å². The number of rotatable bonds is 4. The SMILES string of the molecule is CCOC(=O)/C=C/C(N)=O.NC(=O)c1nc2ccccc2o1. The minimum absolute atomic E-state index is 0.0452. The van der Waals surface area contributed by atoms with Crippen LogP contribution >= 0.6 is 0 Å². The molecule has 8 heteroatoms. The number of nitrogens with two attached hydrogens (primary N) is 2. The van der Waals surface area contributed by atoms with Crippen LogP contribution < -0.4 is 11.5 Å². The Balaban J connectivity index is 0.000000225. The lowest BCUT2D eigenvalue weighted by atomic mass is 10.3. The zero-order valence-corrected chi connectivity index (χ0v) is 11.8. The molecular weight excluding hydrogens is 290 g/mol. The van der Waals surface area contributed by atoms with Crippen molar-refractivity contribution in [2.75, 3.05) is 6.61 Å². The molecule has 0 aliphatic carbocycles. The van der Waals surface area contributed by atoms with E-state index in [9.17, 15) is 14.4 Å². The molecule has 0 bridgehead atoms. The lowest BCUT2D eigenvalue weighted by Crippen LogP contribution is -2.10. The Morgan fingerprint density at radius 3 is 2.45 bits per heavy atom. The molecule has 0 atom stereocenters. The highest BCUT2D eigenvalue weighted by Gasteiger charge is 2.08. The minimum atomic E-state index is -0.659. The number of hydrogen-bond donors (Lipinski definition) is 2.